The van der Waals surface area contributed by atoms with Crippen LogP contribution in [-0.4, -0.2) is 15.0 Å². The average Bonchev–Trinajstić information content (AvgIpc) is 3.06. The minimum absolute atomic E-state index is 0.193. The first kappa shape index (κ1) is 18.2. The van der Waals surface area contributed by atoms with Crippen molar-refractivity contribution >= 4 is 34.4 Å². The molecule has 2 aromatic heterocycles. The highest BCUT2D eigenvalue weighted by molar-refractivity contribution is 6.29. The molecule has 0 saturated heterocycles. The van der Waals surface area contributed by atoms with Crippen molar-refractivity contribution in [2.75, 3.05) is 5.32 Å². The van der Waals surface area contributed by atoms with E-state index in [2.05, 4.69) is 38.5 Å². The summed E-state index contributed by atoms with van der Waals surface area (Å²) in [5.41, 5.74) is 3.76. The Kier molecular flexibility index (Phi) is 5.08. The third-order valence-corrected chi connectivity index (χ3v) is 4.55. The standard InChI is InChI=1S/C22H19ClN4O/c1-3-8-18-14(2)25-19(28-18)13-24-21-20-16(15-9-5-4-6-10-15)11-7-12-17(20)26-22(23)27-21/h3-12H,13H2,1-2H3,(H,24,26,27)/b8-3-. The van der Waals surface area contributed by atoms with E-state index in [-0.39, 0.29) is 5.28 Å². The van der Waals surface area contributed by atoms with E-state index in [0.717, 1.165) is 33.5 Å². The highest BCUT2D eigenvalue weighted by Gasteiger charge is 2.14. The maximum atomic E-state index is 6.16. The number of allylic oxidation sites excluding steroid dienone is 1. The molecule has 0 amide bonds. The molecular weight excluding hydrogens is 372 g/mol. The van der Waals surface area contributed by atoms with E-state index in [9.17, 15) is 0 Å². The van der Waals surface area contributed by atoms with Gasteiger partial charge >= 0.3 is 0 Å². The Morgan fingerprint density at radius 2 is 1.86 bits per heavy atom. The van der Waals surface area contributed by atoms with Crippen molar-refractivity contribution in [3.63, 3.8) is 0 Å². The second kappa shape index (κ2) is 7.82. The van der Waals surface area contributed by atoms with E-state index in [1.54, 1.807) is 0 Å². The summed E-state index contributed by atoms with van der Waals surface area (Å²) >= 11 is 6.16. The van der Waals surface area contributed by atoms with Gasteiger partial charge < -0.3 is 9.73 Å². The molecule has 0 unspecified atom stereocenters. The SMILES string of the molecule is C/C=C\c1oc(CNc2nc(Cl)nc3cccc(-c4ccccc4)c23)nc1C. The third kappa shape index (κ3) is 3.62. The zero-order valence-corrected chi connectivity index (χ0v) is 16.4. The summed E-state index contributed by atoms with van der Waals surface area (Å²) in [4.78, 5) is 13.3. The molecule has 0 atom stereocenters. The van der Waals surface area contributed by atoms with E-state index in [4.69, 9.17) is 16.0 Å². The van der Waals surface area contributed by atoms with E-state index in [1.165, 1.54) is 0 Å². The maximum absolute atomic E-state index is 6.16. The molecule has 4 rings (SSSR count). The molecule has 6 heteroatoms. The van der Waals surface area contributed by atoms with Gasteiger partial charge in [0.1, 0.15) is 11.6 Å². The largest absolute Gasteiger partial charge is 0.439 e. The first-order valence-electron chi connectivity index (χ1n) is 9.00. The van der Waals surface area contributed by atoms with Crippen LogP contribution in [0, 0.1) is 6.92 Å². The van der Waals surface area contributed by atoms with Crippen LogP contribution in [-0.2, 0) is 6.54 Å². The van der Waals surface area contributed by atoms with Gasteiger partial charge in [-0.25, -0.2) is 15.0 Å². The summed E-state index contributed by atoms with van der Waals surface area (Å²) in [7, 11) is 0. The van der Waals surface area contributed by atoms with Gasteiger partial charge in [0.05, 0.1) is 23.1 Å². The molecule has 28 heavy (non-hydrogen) atoms. The van der Waals surface area contributed by atoms with Gasteiger partial charge in [-0.05, 0) is 48.7 Å². The van der Waals surface area contributed by atoms with Gasteiger partial charge in [-0.3, -0.25) is 0 Å². The van der Waals surface area contributed by atoms with E-state index in [1.807, 2.05) is 56.3 Å². The van der Waals surface area contributed by atoms with Crippen LogP contribution in [0.1, 0.15) is 24.3 Å². The molecule has 1 N–H and O–H groups in total. The molecule has 0 fully saturated rings. The summed E-state index contributed by atoms with van der Waals surface area (Å²) < 4.78 is 5.80. The van der Waals surface area contributed by atoms with Gasteiger partial charge in [0, 0.05) is 0 Å². The Balaban J connectivity index is 1.75. The fraction of sp³-hybridized carbons (Fsp3) is 0.136. The van der Waals surface area contributed by atoms with Crippen LogP contribution in [0.15, 0.2) is 59.0 Å². The van der Waals surface area contributed by atoms with Gasteiger partial charge in [0.2, 0.25) is 11.2 Å². The van der Waals surface area contributed by atoms with Crippen molar-refractivity contribution in [1.82, 2.24) is 15.0 Å². The zero-order valence-electron chi connectivity index (χ0n) is 15.6. The number of anilines is 1. The molecule has 2 aromatic carbocycles. The first-order chi connectivity index (χ1) is 13.7. The lowest BCUT2D eigenvalue weighted by Gasteiger charge is -2.12. The first-order valence-corrected chi connectivity index (χ1v) is 9.38. The van der Waals surface area contributed by atoms with Crippen LogP contribution in [0.25, 0.3) is 28.1 Å². The van der Waals surface area contributed by atoms with Crippen LogP contribution < -0.4 is 5.32 Å². The molecule has 0 bridgehead atoms. The van der Waals surface area contributed by atoms with Gasteiger partial charge in [0.15, 0.2) is 0 Å². The highest BCUT2D eigenvalue weighted by Crippen LogP contribution is 2.33. The summed E-state index contributed by atoms with van der Waals surface area (Å²) in [5, 5.41) is 4.43. The quantitative estimate of drug-likeness (QED) is 0.430. The fourth-order valence-corrected chi connectivity index (χ4v) is 3.32. The second-order valence-corrected chi connectivity index (χ2v) is 6.66. The van der Waals surface area contributed by atoms with Crippen LogP contribution in [0.4, 0.5) is 5.82 Å². The number of aryl methyl sites for hydroxylation is 1. The minimum Gasteiger partial charge on any atom is -0.439 e. The van der Waals surface area contributed by atoms with Crippen molar-refractivity contribution in [2.24, 2.45) is 0 Å². The molecule has 0 aliphatic heterocycles. The Hall–Kier alpha value is -3.18. The maximum Gasteiger partial charge on any atom is 0.224 e. The highest BCUT2D eigenvalue weighted by atomic mass is 35.5. The molecular formula is C22H19ClN4O. The summed E-state index contributed by atoms with van der Waals surface area (Å²) in [6.07, 6.45) is 3.82. The normalized spacial score (nSPS) is 11.4. The number of fused-ring (bicyclic) bond motifs is 1. The molecule has 0 aliphatic rings. The molecule has 0 spiro atoms. The summed E-state index contributed by atoms with van der Waals surface area (Å²) in [5.74, 6) is 2.00. The Morgan fingerprint density at radius 1 is 1.04 bits per heavy atom. The smallest absolute Gasteiger partial charge is 0.224 e. The lowest BCUT2D eigenvalue weighted by atomic mass is 10.0. The van der Waals surface area contributed by atoms with E-state index < -0.39 is 0 Å². The Morgan fingerprint density at radius 3 is 2.64 bits per heavy atom. The van der Waals surface area contributed by atoms with Gasteiger partial charge in [0.25, 0.3) is 0 Å². The number of nitrogens with zero attached hydrogens (tertiary/aromatic N) is 3. The number of benzene rings is 2. The number of hydrogen-bond acceptors (Lipinski definition) is 5. The molecule has 0 radical (unpaired) electrons. The van der Waals surface area contributed by atoms with Crippen molar-refractivity contribution in [3.05, 3.63) is 77.2 Å². The zero-order chi connectivity index (χ0) is 19.5. The van der Waals surface area contributed by atoms with Crippen LogP contribution >= 0.6 is 11.6 Å². The molecule has 140 valence electrons. The minimum atomic E-state index is 0.193. The molecule has 2 heterocycles. The fourth-order valence-electron chi connectivity index (χ4n) is 3.15. The van der Waals surface area contributed by atoms with Crippen molar-refractivity contribution in [3.8, 4) is 11.1 Å². The van der Waals surface area contributed by atoms with Crippen LogP contribution in [0.2, 0.25) is 5.28 Å². The second-order valence-electron chi connectivity index (χ2n) is 6.32. The number of halogens is 1. The lowest BCUT2D eigenvalue weighted by Crippen LogP contribution is -2.04. The van der Waals surface area contributed by atoms with Crippen molar-refractivity contribution in [2.45, 2.75) is 20.4 Å². The lowest BCUT2D eigenvalue weighted by molar-refractivity contribution is 0.495. The number of rotatable bonds is 5. The van der Waals surface area contributed by atoms with Crippen molar-refractivity contribution < 1.29 is 4.42 Å². The Labute approximate surface area is 168 Å². The molecule has 0 saturated carbocycles. The molecule has 4 aromatic rings. The number of aromatic nitrogens is 3. The van der Waals surface area contributed by atoms with Crippen molar-refractivity contribution in [1.29, 1.82) is 0 Å². The summed E-state index contributed by atoms with van der Waals surface area (Å²) in [6.45, 7) is 4.26. The van der Waals surface area contributed by atoms with Crippen LogP contribution in [0.5, 0.6) is 0 Å². The topological polar surface area (TPSA) is 63.8 Å². The molecule has 5 nitrogen and oxygen atoms in total. The third-order valence-electron chi connectivity index (χ3n) is 4.38. The van der Waals surface area contributed by atoms with Gasteiger partial charge in [-0.15, -0.1) is 0 Å². The monoisotopic (exact) mass is 390 g/mol. The van der Waals surface area contributed by atoms with Crippen LogP contribution in [0.3, 0.4) is 0 Å². The Bertz CT molecular complexity index is 1150. The number of oxazole rings is 1. The predicted molar refractivity (Wildman–Crippen MR) is 113 cm³/mol. The van der Waals surface area contributed by atoms with Gasteiger partial charge in [-0.2, -0.15) is 0 Å². The molecule has 0 aliphatic carbocycles. The number of nitrogens with one attached hydrogen (secondary N) is 1. The van der Waals surface area contributed by atoms with E-state index >= 15 is 0 Å². The number of hydrogen-bond donors (Lipinski definition) is 1. The van der Waals surface area contributed by atoms with E-state index in [0.29, 0.717) is 18.3 Å². The predicted octanol–water partition coefficient (Wildman–Crippen LogP) is 5.89. The average molecular weight is 391 g/mol. The van der Waals surface area contributed by atoms with Gasteiger partial charge in [-0.1, -0.05) is 48.5 Å². The summed E-state index contributed by atoms with van der Waals surface area (Å²) in [6, 6.07) is 16.1.